The van der Waals surface area contributed by atoms with Crippen LogP contribution in [0.3, 0.4) is 0 Å². The molecule has 0 saturated heterocycles. The van der Waals surface area contributed by atoms with Gasteiger partial charge in [-0.1, -0.05) is 0 Å². The summed E-state index contributed by atoms with van der Waals surface area (Å²) in [6.45, 7) is 2.09. The monoisotopic (exact) mass is 529 g/mol. The Bertz CT molecular complexity index is 1540. The Balaban J connectivity index is 0.00000370. The van der Waals surface area contributed by atoms with Crippen LogP contribution in [0, 0.1) is 0 Å². The molecule has 0 fully saturated rings. The molecule has 0 saturated carbocycles. The number of aromatic nitrogens is 4. The number of hydrogen-bond acceptors (Lipinski definition) is 10. The first-order valence-electron chi connectivity index (χ1n) is 12.1. The van der Waals surface area contributed by atoms with Gasteiger partial charge in [0.05, 0.1) is 38.3 Å². The van der Waals surface area contributed by atoms with Gasteiger partial charge in [0.25, 0.3) is 5.91 Å². The van der Waals surface area contributed by atoms with Crippen LogP contribution in [-0.2, 0) is 15.9 Å². The number of rotatable bonds is 9. The number of nitrogens with one attached hydrogen (secondary N) is 1. The van der Waals surface area contributed by atoms with Gasteiger partial charge in [-0.25, -0.2) is 4.98 Å². The third-order valence-corrected chi connectivity index (χ3v) is 5.67. The Hall–Kier alpha value is -5.19. The Labute approximate surface area is 225 Å². The predicted octanol–water partition coefficient (Wildman–Crippen LogP) is 5.29. The quantitative estimate of drug-likeness (QED) is 0.305. The highest BCUT2D eigenvalue weighted by Gasteiger charge is 2.23. The standard InChI is InChI=1S/C28H25N5O6.H2/c1-4-37-28-25(33-27(39-28)17-6-5-12-29-15-17)26(34)32-24-10-7-18(16-31-24)38-21-11-13-30-20-8-9-22(35-2)23(36-3)14-19(20)21;/h5-7,9-16H,4,8H2,1-3H3,(H,31,32,34);1H. The summed E-state index contributed by atoms with van der Waals surface area (Å²) in [5.74, 6) is 2.23. The van der Waals surface area contributed by atoms with Crippen molar-refractivity contribution < 1.29 is 29.6 Å². The Morgan fingerprint density at radius 1 is 1.08 bits per heavy atom. The van der Waals surface area contributed by atoms with Gasteiger partial charge in [0, 0.05) is 32.0 Å². The van der Waals surface area contributed by atoms with Crippen molar-refractivity contribution in [3.05, 3.63) is 89.7 Å². The third-order valence-electron chi connectivity index (χ3n) is 5.67. The summed E-state index contributed by atoms with van der Waals surface area (Å²) in [6, 6.07) is 8.60. The van der Waals surface area contributed by atoms with Gasteiger partial charge in [0.1, 0.15) is 17.3 Å². The van der Waals surface area contributed by atoms with Crippen LogP contribution >= 0.6 is 0 Å². The van der Waals surface area contributed by atoms with E-state index < -0.39 is 5.91 Å². The van der Waals surface area contributed by atoms with Crippen molar-refractivity contribution >= 4 is 17.8 Å². The van der Waals surface area contributed by atoms with Crippen LogP contribution in [0.1, 0.15) is 30.1 Å². The minimum absolute atomic E-state index is 0. The van der Waals surface area contributed by atoms with Crippen molar-refractivity contribution in [2.75, 3.05) is 26.1 Å². The first-order valence-corrected chi connectivity index (χ1v) is 12.1. The number of nitrogens with zero attached hydrogens (tertiary/aromatic N) is 4. The summed E-state index contributed by atoms with van der Waals surface area (Å²) < 4.78 is 28.2. The van der Waals surface area contributed by atoms with Gasteiger partial charge in [0.2, 0.25) is 11.6 Å². The fraction of sp³-hybridized carbons (Fsp3) is 0.179. The van der Waals surface area contributed by atoms with E-state index in [1.165, 1.54) is 6.20 Å². The Kier molecular flexibility index (Phi) is 7.48. The third kappa shape index (κ3) is 5.57. The second kappa shape index (κ2) is 11.5. The van der Waals surface area contributed by atoms with Crippen LogP contribution < -0.4 is 14.8 Å². The summed E-state index contributed by atoms with van der Waals surface area (Å²) in [6.07, 6.45) is 10.7. The molecule has 11 heteroatoms. The van der Waals surface area contributed by atoms with E-state index >= 15 is 0 Å². The molecule has 1 N–H and O–H groups in total. The second-order valence-electron chi connectivity index (χ2n) is 8.12. The molecule has 0 atom stereocenters. The maximum atomic E-state index is 13.0. The molecule has 0 bridgehead atoms. The van der Waals surface area contributed by atoms with Crippen molar-refractivity contribution in [3.8, 4) is 28.9 Å². The maximum Gasteiger partial charge on any atom is 0.319 e. The molecule has 200 valence electrons. The molecule has 1 aliphatic carbocycles. The summed E-state index contributed by atoms with van der Waals surface area (Å²) in [7, 11) is 3.17. The first kappa shape index (κ1) is 25.5. The van der Waals surface area contributed by atoms with Crippen molar-refractivity contribution in [1.29, 1.82) is 0 Å². The Morgan fingerprint density at radius 2 is 1.95 bits per heavy atom. The van der Waals surface area contributed by atoms with Gasteiger partial charge < -0.3 is 28.7 Å². The lowest BCUT2D eigenvalue weighted by Crippen LogP contribution is -2.14. The van der Waals surface area contributed by atoms with Gasteiger partial charge in [-0.3, -0.25) is 14.8 Å². The molecule has 1 aliphatic rings. The van der Waals surface area contributed by atoms with Crippen molar-refractivity contribution in [2.24, 2.45) is 0 Å². The second-order valence-corrected chi connectivity index (χ2v) is 8.12. The SMILES string of the molecule is CCOc1oc(-c2cccnc2)nc1C(=O)Nc1ccc(Oc2ccnc3c2C=C(OC)C(OC)=CC3)cn1.[HH]. The highest BCUT2D eigenvalue weighted by molar-refractivity contribution is 6.04. The largest absolute Gasteiger partial charge is 0.493 e. The number of hydrogen-bond donors (Lipinski definition) is 1. The number of ether oxygens (including phenoxy) is 4. The minimum Gasteiger partial charge on any atom is -0.493 e. The van der Waals surface area contributed by atoms with E-state index in [9.17, 15) is 4.79 Å². The van der Waals surface area contributed by atoms with Crippen molar-refractivity contribution in [1.82, 2.24) is 19.9 Å². The molecule has 0 spiro atoms. The van der Waals surface area contributed by atoms with Crippen LogP contribution in [0.25, 0.3) is 17.5 Å². The molecule has 4 aromatic rings. The number of methoxy groups -OCH3 is 2. The highest BCUT2D eigenvalue weighted by atomic mass is 16.6. The number of anilines is 1. The van der Waals surface area contributed by atoms with Crippen molar-refractivity contribution in [3.63, 3.8) is 0 Å². The number of allylic oxidation sites excluding steroid dienone is 1. The number of amides is 1. The zero-order chi connectivity index (χ0) is 27.2. The van der Waals surface area contributed by atoms with E-state index in [1.807, 2.05) is 12.2 Å². The summed E-state index contributed by atoms with van der Waals surface area (Å²) in [5.41, 5.74) is 2.21. The molecular formula is C28H27N5O6. The lowest BCUT2D eigenvalue weighted by molar-refractivity contribution is 0.101. The van der Waals surface area contributed by atoms with Gasteiger partial charge in [0.15, 0.2) is 11.5 Å². The number of carbonyl (C=O) groups excluding carboxylic acids is 1. The number of pyridine rings is 3. The number of oxazole rings is 1. The molecule has 5 rings (SSSR count). The summed E-state index contributed by atoms with van der Waals surface area (Å²) >= 11 is 0. The normalized spacial score (nSPS) is 12.4. The van der Waals surface area contributed by atoms with Crippen molar-refractivity contribution in [2.45, 2.75) is 13.3 Å². The minimum atomic E-state index is -0.531. The van der Waals surface area contributed by atoms with E-state index in [4.69, 9.17) is 23.4 Å². The molecule has 11 nitrogen and oxygen atoms in total. The summed E-state index contributed by atoms with van der Waals surface area (Å²) in [5, 5.41) is 2.72. The maximum absolute atomic E-state index is 13.0. The topological polar surface area (TPSA) is 131 Å². The fourth-order valence-electron chi connectivity index (χ4n) is 3.85. The van der Waals surface area contributed by atoms with Crippen LogP contribution in [-0.4, -0.2) is 46.7 Å². The fourth-order valence-corrected chi connectivity index (χ4v) is 3.85. The van der Waals surface area contributed by atoms with Gasteiger partial charge in [-0.15, -0.1) is 0 Å². The summed E-state index contributed by atoms with van der Waals surface area (Å²) in [4.78, 5) is 30.1. The number of carbonyl (C=O) groups is 1. The number of fused-ring (bicyclic) bond motifs is 1. The van der Waals surface area contributed by atoms with Crippen LogP contribution in [0.5, 0.6) is 17.4 Å². The lowest BCUT2D eigenvalue weighted by atomic mass is 10.1. The molecule has 4 heterocycles. The average Bonchev–Trinajstić information content (AvgIpc) is 3.29. The molecule has 39 heavy (non-hydrogen) atoms. The zero-order valence-corrected chi connectivity index (χ0v) is 21.5. The van der Waals surface area contributed by atoms with Crippen LogP contribution in [0.4, 0.5) is 5.82 Å². The molecule has 0 unspecified atom stereocenters. The molecule has 0 aliphatic heterocycles. The molecule has 4 aromatic heterocycles. The van der Waals surface area contributed by atoms with Gasteiger partial charge in [-0.05, 0) is 49.4 Å². The van der Waals surface area contributed by atoms with Gasteiger partial charge >= 0.3 is 5.95 Å². The molecular weight excluding hydrogens is 502 g/mol. The smallest absolute Gasteiger partial charge is 0.319 e. The van der Waals surface area contributed by atoms with E-state index in [-0.39, 0.29) is 19.0 Å². The van der Waals surface area contributed by atoms with Gasteiger partial charge in [-0.2, -0.15) is 4.98 Å². The Morgan fingerprint density at radius 3 is 2.67 bits per heavy atom. The predicted molar refractivity (Wildman–Crippen MR) is 143 cm³/mol. The molecule has 0 radical (unpaired) electrons. The van der Waals surface area contributed by atoms with E-state index in [0.717, 1.165) is 11.3 Å². The zero-order valence-electron chi connectivity index (χ0n) is 21.5. The van der Waals surface area contributed by atoms with Crippen LogP contribution in [0.2, 0.25) is 0 Å². The first-order chi connectivity index (χ1) is 19.1. The lowest BCUT2D eigenvalue weighted by Gasteiger charge is -2.12. The molecule has 1 amide bonds. The van der Waals surface area contributed by atoms with E-state index in [2.05, 4.69) is 25.3 Å². The molecule has 0 aromatic carbocycles. The average molecular weight is 530 g/mol. The highest BCUT2D eigenvalue weighted by Crippen LogP contribution is 2.33. The van der Waals surface area contributed by atoms with Crippen LogP contribution in [0.15, 0.2) is 77.1 Å². The van der Waals surface area contributed by atoms with E-state index in [0.29, 0.717) is 47.4 Å². The van der Waals surface area contributed by atoms with E-state index in [1.54, 1.807) is 70.1 Å².